The summed E-state index contributed by atoms with van der Waals surface area (Å²) in [5.41, 5.74) is 2.75. The average molecular weight is 220 g/mol. The molecule has 16 heavy (non-hydrogen) atoms. The fraction of sp³-hybridized carbons (Fsp3) is 0.571. The van der Waals surface area contributed by atoms with Crippen LogP contribution in [0.15, 0.2) is 24.3 Å². The molecule has 0 saturated carbocycles. The summed E-state index contributed by atoms with van der Waals surface area (Å²) < 4.78 is 0. The van der Waals surface area contributed by atoms with Crippen LogP contribution < -0.4 is 5.32 Å². The van der Waals surface area contributed by atoms with Gasteiger partial charge in [0.05, 0.1) is 0 Å². The van der Waals surface area contributed by atoms with Gasteiger partial charge in [-0.1, -0.05) is 43.7 Å². The molecule has 0 heterocycles. The molecule has 0 aromatic heterocycles. The zero-order valence-corrected chi connectivity index (χ0v) is 11.0. The number of benzene rings is 1. The molecule has 0 amide bonds. The smallest absolute Gasteiger partial charge is 0.0472 e. The first kappa shape index (κ1) is 13.2. The van der Waals surface area contributed by atoms with Crippen molar-refractivity contribution in [1.82, 2.24) is 10.2 Å². The van der Waals surface area contributed by atoms with Crippen LogP contribution in [0.3, 0.4) is 0 Å². The number of nitrogens with one attached hydrogen (secondary N) is 1. The van der Waals surface area contributed by atoms with Crippen molar-refractivity contribution in [2.75, 3.05) is 26.7 Å². The predicted octanol–water partition coefficient (Wildman–Crippen LogP) is 2.60. The van der Waals surface area contributed by atoms with Gasteiger partial charge in [-0.25, -0.2) is 0 Å². The van der Waals surface area contributed by atoms with Crippen LogP contribution in [-0.2, 0) is 0 Å². The van der Waals surface area contributed by atoms with Gasteiger partial charge in [-0.2, -0.15) is 0 Å². The number of aryl methyl sites for hydroxylation is 1. The highest BCUT2D eigenvalue weighted by Gasteiger charge is 2.16. The average Bonchev–Trinajstić information content (AvgIpc) is 2.29. The maximum absolute atomic E-state index is 3.29. The highest BCUT2D eigenvalue weighted by molar-refractivity contribution is 5.25. The summed E-state index contributed by atoms with van der Waals surface area (Å²) in [5, 5.41) is 3.29. The maximum atomic E-state index is 3.29. The first-order chi connectivity index (χ1) is 7.72. The largest absolute Gasteiger partial charge is 0.318 e. The third kappa shape index (κ3) is 3.32. The van der Waals surface area contributed by atoms with Crippen LogP contribution in [0.1, 0.15) is 31.0 Å². The molecule has 0 aliphatic rings. The van der Waals surface area contributed by atoms with Gasteiger partial charge in [0.2, 0.25) is 0 Å². The van der Waals surface area contributed by atoms with Gasteiger partial charge in [-0.05, 0) is 32.6 Å². The summed E-state index contributed by atoms with van der Waals surface area (Å²) in [7, 11) is 2.02. The molecule has 1 rings (SSSR count). The molecule has 2 heteroatoms. The maximum Gasteiger partial charge on any atom is 0.0472 e. The minimum absolute atomic E-state index is 0.486. The SMILES string of the molecule is CCN(CC)C(CNC)c1cccc(C)c1. The third-order valence-electron chi connectivity index (χ3n) is 3.08. The number of rotatable bonds is 6. The number of hydrogen-bond donors (Lipinski definition) is 1. The van der Waals surface area contributed by atoms with Crippen molar-refractivity contribution in [2.24, 2.45) is 0 Å². The molecule has 1 aromatic carbocycles. The van der Waals surface area contributed by atoms with Gasteiger partial charge >= 0.3 is 0 Å². The molecule has 2 nitrogen and oxygen atoms in total. The van der Waals surface area contributed by atoms with Crippen LogP contribution in [0, 0.1) is 6.92 Å². The van der Waals surface area contributed by atoms with Gasteiger partial charge in [0.25, 0.3) is 0 Å². The Labute approximate surface area is 99.7 Å². The van der Waals surface area contributed by atoms with E-state index in [1.165, 1.54) is 11.1 Å². The number of nitrogens with zero attached hydrogens (tertiary/aromatic N) is 1. The zero-order valence-electron chi connectivity index (χ0n) is 11.0. The van der Waals surface area contributed by atoms with E-state index < -0.39 is 0 Å². The molecule has 1 N–H and O–H groups in total. The van der Waals surface area contributed by atoms with Crippen LogP contribution in [0.4, 0.5) is 0 Å². The minimum atomic E-state index is 0.486. The standard InChI is InChI=1S/C14H24N2/c1-5-16(6-2)14(11-15-4)13-9-7-8-12(3)10-13/h7-10,14-15H,5-6,11H2,1-4H3. The Bertz CT molecular complexity index is 305. The Morgan fingerprint density at radius 1 is 1.25 bits per heavy atom. The second-order valence-electron chi connectivity index (χ2n) is 4.21. The van der Waals surface area contributed by atoms with Crippen LogP contribution in [-0.4, -0.2) is 31.6 Å². The lowest BCUT2D eigenvalue weighted by molar-refractivity contribution is 0.216. The Morgan fingerprint density at radius 3 is 2.44 bits per heavy atom. The first-order valence-corrected chi connectivity index (χ1v) is 6.18. The molecule has 90 valence electrons. The van der Waals surface area contributed by atoms with Gasteiger partial charge in [-0.15, -0.1) is 0 Å². The molecule has 1 aromatic rings. The van der Waals surface area contributed by atoms with Crippen molar-refractivity contribution in [3.05, 3.63) is 35.4 Å². The first-order valence-electron chi connectivity index (χ1n) is 6.18. The van der Waals surface area contributed by atoms with Crippen LogP contribution in [0.5, 0.6) is 0 Å². The van der Waals surface area contributed by atoms with Crippen molar-refractivity contribution in [3.8, 4) is 0 Å². The normalized spacial score (nSPS) is 13.1. The van der Waals surface area contributed by atoms with Crippen LogP contribution in [0.2, 0.25) is 0 Å². The monoisotopic (exact) mass is 220 g/mol. The van der Waals surface area contributed by atoms with Crippen molar-refractivity contribution in [3.63, 3.8) is 0 Å². The molecule has 0 aliphatic carbocycles. The quantitative estimate of drug-likeness (QED) is 0.792. The fourth-order valence-electron chi connectivity index (χ4n) is 2.19. The predicted molar refractivity (Wildman–Crippen MR) is 70.8 cm³/mol. The van der Waals surface area contributed by atoms with E-state index in [0.717, 1.165) is 19.6 Å². The zero-order chi connectivity index (χ0) is 12.0. The second-order valence-corrected chi connectivity index (χ2v) is 4.21. The van der Waals surface area contributed by atoms with Gasteiger partial charge < -0.3 is 5.32 Å². The van der Waals surface area contributed by atoms with E-state index in [1.54, 1.807) is 0 Å². The van der Waals surface area contributed by atoms with E-state index in [4.69, 9.17) is 0 Å². The Hall–Kier alpha value is -0.860. The topological polar surface area (TPSA) is 15.3 Å². The van der Waals surface area contributed by atoms with Crippen molar-refractivity contribution in [2.45, 2.75) is 26.8 Å². The van der Waals surface area contributed by atoms with E-state index in [0.29, 0.717) is 6.04 Å². The van der Waals surface area contributed by atoms with E-state index in [9.17, 15) is 0 Å². The molecule has 0 radical (unpaired) electrons. The summed E-state index contributed by atoms with van der Waals surface area (Å²) >= 11 is 0. The third-order valence-corrected chi connectivity index (χ3v) is 3.08. The summed E-state index contributed by atoms with van der Waals surface area (Å²) in [6.45, 7) is 9.80. The van der Waals surface area contributed by atoms with Crippen molar-refractivity contribution in [1.29, 1.82) is 0 Å². The van der Waals surface area contributed by atoms with Gasteiger partial charge in [0.15, 0.2) is 0 Å². The number of likely N-dealkylation sites (N-methyl/N-ethyl adjacent to an activating group) is 2. The van der Waals surface area contributed by atoms with Gasteiger partial charge in [0.1, 0.15) is 0 Å². The van der Waals surface area contributed by atoms with Gasteiger partial charge in [0, 0.05) is 12.6 Å². The highest BCUT2D eigenvalue weighted by atomic mass is 15.2. The van der Waals surface area contributed by atoms with Crippen molar-refractivity contribution >= 4 is 0 Å². The minimum Gasteiger partial charge on any atom is -0.318 e. The van der Waals surface area contributed by atoms with E-state index in [-0.39, 0.29) is 0 Å². The molecule has 0 bridgehead atoms. The molecular formula is C14H24N2. The molecule has 0 aliphatic heterocycles. The van der Waals surface area contributed by atoms with Crippen LogP contribution in [0.25, 0.3) is 0 Å². The lowest BCUT2D eigenvalue weighted by Crippen LogP contribution is -2.34. The van der Waals surface area contributed by atoms with Crippen molar-refractivity contribution < 1.29 is 0 Å². The molecule has 0 spiro atoms. The summed E-state index contributed by atoms with van der Waals surface area (Å²) in [4.78, 5) is 2.49. The van der Waals surface area contributed by atoms with E-state index in [1.807, 2.05) is 7.05 Å². The summed E-state index contributed by atoms with van der Waals surface area (Å²) in [6, 6.07) is 9.31. The Balaban J connectivity index is 2.91. The molecule has 1 unspecified atom stereocenters. The molecule has 0 saturated heterocycles. The summed E-state index contributed by atoms with van der Waals surface area (Å²) in [5.74, 6) is 0. The molecule has 1 atom stereocenters. The second kappa shape index (κ2) is 6.66. The Kier molecular flexibility index (Phi) is 5.50. The lowest BCUT2D eigenvalue weighted by Gasteiger charge is -2.30. The van der Waals surface area contributed by atoms with Crippen LogP contribution >= 0.6 is 0 Å². The summed E-state index contributed by atoms with van der Waals surface area (Å²) in [6.07, 6.45) is 0. The molecule has 0 fully saturated rings. The van der Waals surface area contributed by atoms with E-state index >= 15 is 0 Å². The Morgan fingerprint density at radius 2 is 1.94 bits per heavy atom. The number of hydrogen-bond acceptors (Lipinski definition) is 2. The molecular weight excluding hydrogens is 196 g/mol. The van der Waals surface area contributed by atoms with Gasteiger partial charge in [-0.3, -0.25) is 4.90 Å². The lowest BCUT2D eigenvalue weighted by atomic mass is 10.0. The fourth-order valence-corrected chi connectivity index (χ4v) is 2.19. The van der Waals surface area contributed by atoms with E-state index in [2.05, 4.69) is 55.3 Å². The highest BCUT2D eigenvalue weighted by Crippen LogP contribution is 2.20.